The maximum Gasteiger partial charge on any atom is 0.330 e. The molecule has 27 heavy (non-hydrogen) atoms. The molecule has 0 spiro atoms. The third-order valence-electron chi connectivity index (χ3n) is 4.68. The van der Waals surface area contributed by atoms with E-state index < -0.39 is 41.9 Å². The van der Waals surface area contributed by atoms with Crippen molar-refractivity contribution >= 4 is 23.7 Å². The highest BCUT2D eigenvalue weighted by atomic mass is 16.5. The van der Waals surface area contributed by atoms with Crippen LogP contribution in [0.2, 0.25) is 0 Å². The maximum absolute atomic E-state index is 12.6. The molecule has 0 aliphatic carbocycles. The monoisotopic (exact) mass is 374 g/mol. The molecule has 2 rings (SSSR count). The number of benzene rings is 1. The minimum atomic E-state index is -1.09. The van der Waals surface area contributed by atoms with E-state index in [2.05, 4.69) is 5.32 Å². The largest absolute Gasteiger partial charge is 0.454 e. The molecule has 0 fully saturated rings. The van der Waals surface area contributed by atoms with Crippen LogP contribution in [0, 0.1) is 5.92 Å². The van der Waals surface area contributed by atoms with E-state index in [0.717, 1.165) is 11.3 Å². The lowest BCUT2D eigenvalue weighted by Gasteiger charge is -2.28. The molecule has 1 atom stereocenters. The van der Waals surface area contributed by atoms with E-state index in [1.165, 1.54) is 0 Å². The second-order valence-corrected chi connectivity index (χ2v) is 7.61. The number of carbonyl (C=O) groups is 4. The maximum atomic E-state index is 12.6. The SMILES string of the molecule is CCC(C)(C)NC(=O)COC(=O)[C@H](C(C)C)N1C(=O)c2ccccc2C1=O. The van der Waals surface area contributed by atoms with Crippen LogP contribution in [-0.2, 0) is 14.3 Å². The highest BCUT2D eigenvalue weighted by Gasteiger charge is 2.44. The van der Waals surface area contributed by atoms with Gasteiger partial charge in [0.1, 0.15) is 6.04 Å². The molecule has 0 unspecified atom stereocenters. The summed E-state index contributed by atoms with van der Waals surface area (Å²) in [7, 11) is 0. The number of nitrogens with zero attached hydrogens (tertiary/aromatic N) is 1. The summed E-state index contributed by atoms with van der Waals surface area (Å²) in [6.07, 6.45) is 0.719. The van der Waals surface area contributed by atoms with Crippen molar-refractivity contribution < 1.29 is 23.9 Å². The van der Waals surface area contributed by atoms with E-state index in [4.69, 9.17) is 4.74 Å². The van der Waals surface area contributed by atoms with E-state index in [9.17, 15) is 19.2 Å². The van der Waals surface area contributed by atoms with Crippen molar-refractivity contribution in [2.24, 2.45) is 5.92 Å². The summed E-state index contributed by atoms with van der Waals surface area (Å²) in [6, 6.07) is 5.34. The summed E-state index contributed by atoms with van der Waals surface area (Å²) < 4.78 is 5.13. The van der Waals surface area contributed by atoms with Gasteiger partial charge in [0.15, 0.2) is 6.61 Å². The van der Waals surface area contributed by atoms with Crippen molar-refractivity contribution in [1.82, 2.24) is 10.2 Å². The van der Waals surface area contributed by atoms with Gasteiger partial charge in [0.2, 0.25) is 0 Å². The van der Waals surface area contributed by atoms with Gasteiger partial charge in [-0.15, -0.1) is 0 Å². The molecule has 146 valence electrons. The molecule has 0 aromatic heterocycles. The Balaban J connectivity index is 2.12. The van der Waals surface area contributed by atoms with E-state index in [1.807, 2.05) is 20.8 Å². The Labute approximate surface area is 159 Å². The van der Waals surface area contributed by atoms with Crippen LogP contribution in [0.25, 0.3) is 0 Å². The molecule has 0 bridgehead atoms. The molecule has 1 aromatic carbocycles. The number of carbonyl (C=O) groups excluding carboxylic acids is 4. The van der Waals surface area contributed by atoms with Crippen LogP contribution in [0.1, 0.15) is 61.8 Å². The number of hydrogen-bond acceptors (Lipinski definition) is 5. The van der Waals surface area contributed by atoms with Gasteiger partial charge in [0.05, 0.1) is 11.1 Å². The topological polar surface area (TPSA) is 92.8 Å². The Morgan fingerprint density at radius 3 is 2.07 bits per heavy atom. The number of hydrogen-bond donors (Lipinski definition) is 1. The minimum absolute atomic E-state index is 0.267. The van der Waals surface area contributed by atoms with Crippen LogP contribution in [0.3, 0.4) is 0 Å². The second-order valence-electron chi connectivity index (χ2n) is 7.61. The smallest absolute Gasteiger partial charge is 0.330 e. The quantitative estimate of drug-likeness (QED) is 0.583. The van der Waals surface area contributed by atoms with Gasteiger partial charge in [0.25, 0.3) is 17.7 Å². The molecule has 0 saturated heterocycles. The van der Waals surface area contributed by atoms with Crippen LogP contribution in [0.15, 0.2) is 24.3 Å². The van der Waals surface area contributed by atoms with Crippen LogP contribution >= 0.6 is 0 Å². The third-order valence-corrected chi connectivity index (χ3v) is 4.68. The normalized spacial score (nSPS) is 15.0. The Bertz CT molecular complexity index is 734. The molecule has 3 amide bonds. The first-order valence-electron chi connectivity index (χ1n) is 9.03. The highest BCUT2D eigenvalue weighted by Crippen LogP contribution is 2.27. The van der Waals surface area contributed by atoms with Gasteiger partial charge >= 0.3 is 5.97 Å². The van der Waals surface area contributed by atoms with Gasteiger partial charge in [-0.2, -0.15) is 0 Å². The Morgan fingerprint density at radius 2 is 1.63 bits per heavy atom. The van der Waals surface area contributed by atoms with Crippen LogP contribution in [0.5, 0.6) is 0 Å². The van der Waals surface area contributed by atoms with Crippen LogP contribution in [0.4, 0.5) is 0 Å². The van der Waals surface area contributed by atoms with E-state index in [-0.39, 0.29) is 17.0 Å². The van der Waals surface area contributed by atoms with Gasteiger partial charge < -0.3 is 10.1 Å². The summed E-state index contributed by atoms with van der Waals surface area (Å²) in [5, 5.41) is 2.77. The summed E-state index contributed by atoms with van der Waals surface area (Å²) >= 11 is 0. The first kappa shape index (κ1) is 20.6. The van der Waals surface area contributed by atoms with Gasteiger partial charge in [-0.3, -0.25) is 19.3 Å². The zero-order valence-electron chi connectivity index (χ0n) is 16.4. The van der Waals surface area contributed by atoms with Crippen molar-refractivity contribution in [2.75, 3.05) is 6.61 Å². The standard InChI is InChI=1S/C20H26N2O5/c1-6-20(4,5)21-15(23)11-27-19(26)16(12(2)3)22-17(24)13-9-7-8-10-14(13)18(22)25/h7-10,12,16H,6,11H2,1-5H3,(H,21,23)/t16-/m0/s1. The molecule has 1 aliphatic heterocycles. The number of rotatable bonds is 7. The summed E-state index contributed by atoms with van der Waals surface area (Å²) in [6.45, 7) is 8.63. The van der Waals surface area contributed by atoms with Crippen molar-refractivity contribution in [2.45, 2.75) is 52.6 Å². The molecule has 1 heterocycles. The molecule has 7 heteroatoms. The predicted molar refractivity (Wildman–Crippen MR) is 99.0 cm³/mol. The first-order chi connectivity index (χ1) is 12.6. The fraction of sp³-hybridized carbons (Fsp3) is 0.500. The predicted octanol–water partition coefficient (Wildman–Crippen LogP) is 2.16. The van der Waals surface area contributed by atoms with Gasteiger partial charge in [-0.1, -0.05) is 32.9 Å². The Morgan fingerprint density at radius 1 is 1.11 bits per heavy atom. The molecule has 0 radical (unpaired) electrons. The molecular weight excluding hydrogens is 348 g/mol. The van der Waals surface area contributed by atoms with Crippen molar-refractivity contribution in [1.29, 1.82) is 0 Å². The summed E-state index contributed by atoms with van der Waals surface area (Å²) in [4.78, 5) is 50.8. The minimum Gasteiger partial charge on any atom is -0.454 e. The lowest BCUT2D eigenvalue weighted by molar-refractivity contribution is -0.154. The Hall–Kier alpha value is -2.70. The number of amides is 3. The molecular formula is C20H26N2O5. The van der Waals surface area contributed by atoms with Gasteiger partial charge in [-0.25, -0.2) is 4.79 Å². The average molecular weight is 374 g/mol. The van der Waals surface area contributed by atoms with Crippen molar-refractivity contribution in [3.8, 4) is 0 Å². The number of ether oxygens (including phenoxy) is 1. The fourth-order valence-electron chi connectivity index (χ4n) is 2.86. The Kier molecular flexibility index (Phi) is 6.03. The first-order valence-corrected chi connectivity index (χ1v) is 9.03. The zero-order valence-corrected chi connectivity index (χ0v) is 16.4. The van der Waals surface area contributed by atoms with Crippen molar-refractivity contribution in [3.05, 3.63) is 35.4 Å². The fourth-order valence-corrected chi connectivity index (χ4v) is 2.86. The molecule has 7 nitrogen and oxygen atoms in total. The van der Waals surface area contributed by atoms with Crippen molar-refractivity contribution in [3.63, 3.8) is 0 Å². The van der Waals surface area contributed by atoms with Crippen LogP contribution < -0.4 is 5.32 Å². The summed E-state index contributed by atoms with van der Waals surface area (Å²) in [5.41, 5.74) is 0.121. The van der Waals surface area contributed by atoms with E-state index in [0.29, 0.717) is 0 Å². The molecule has 1 aliphatic rings. The summed E-state index contributed by atoms with van der Waals surface area (Å²) in [5.74, 6) is -2.62. The number of esters is 1. The van der Waals surface area contributed by atoms with Gasteiger partial charge in [0, 0.05) is 5.54 Å². The van der Waals surface area contributed by atoms with Crippen LogP contribution in [-0.4, -0.2) is 46.8 Å². The van der Waals surface area contributed by atoms with E-state index in [1.54, 1.807) is 38.1 Å². The zero-order chi connectivity index (χ0) is 20.4. The lowest BCUT2D eigenvalue weighted by Crippen LogP contribution is -2.50. The van der Waals surface area contributed by atoms with E-state index >= 15 is 0 Å². The average Bonchev–Trinajstić information content (AvgIpc) is 2.85. The second kappa shape index (κ2) is 7.90. The number of fused-ring (bicyclic) bond motifs is 1. The number of nitrogens with one attached hydrogen (secondary N) is 1. The third kappa shape index (κ3) is 4.35. The number of imide groups is 1. The molecule has 1 aromatic rings. The lowest BCUT2D eigenvalue weighted by atomic mass is 10.0. The molecule has 0 saturated carbocycles. The molecule has 1 N–H and O–H groups in total. The highest BCUT2D eigenvalue weighted by molar-refractivity contribution is 6.22. The van der Waals surface area contributed by atoms with Gasteiger partial charge in [-0.05, 0) is 38.3 Å².